The minimum Gasteiger partial charge on any atom is -0.453 e. The van der Waals surface area contributed by atoms with Gasteiger partial charge in [0, 0.05) is 64.4 Å². The van der Waals surface area contributed by atoms with Gasteiger partial charge in [0.1, 0.15) is 21.7 Å². The topological polar surface area (TPSA) is 203 Å². The van der Waals surface area contributed by atoms with Gasteiger partial charge in [0.05, 0.1) is 19.8 Å². The fraction of sp³-hybridized carbons (Fsp3) is 0.396. The predicted molar refractivity (Wildman–Crippen MR) is 286 cm³/mol. The Balaban J connectivity index is -0.000000260. The molecule has 2 atom stereocenters. The second kappa shape index (κ2) is 46.0. The number of carbonyl (C=O) groups excluding carboxylic acids is 4. The van der Waals surface area contributed by atoms with E-state index in [1.54, 1.807) is 26.9 Å². The first-order valence-electron chi connectivity index (χ1n) is 21.2. The molecule has 4 amide bonds. The molecule has 14 nitrogen and oxygen atoms in total. The number of imidazole rings is 2. The average molecular weight is 990 g/mol. The molecule has 0 bridgehead atoms. The number of nitrogens with one attached hydrogen (secondary N) is 2. The number of methoxy groups -OCH3 is 2. The number of likely N-dealkylation sites (tertiary alicyclic amines) is 2. The van der Waals surface area contributed by atoms with Crippen molar-refractivity contribution in [2.24, 2.45) is 35.1 Å². The lowest BCUT2D eigenvalue weighted by molar-refractivity contribution is -0.131. The number of aromatic nitrogens is 4. The van der Waals surface area contributed by atoms with Crippen LogP contribution in [0.2, 0.25) is 10.3 Å². The number of nitrogens with two attached hydrogens (primary N) is 2. The highest BCUT2D eigenvalue weighted by Crippen LogP contribution is 2.30. The van der Waals surface area contributed by atoms with E-state index < -0.39 is 6.09 Å². The number of hydrogen-bond acceptors (Lipinski definition) is 8. The third kappa shape index (κ3) is 32.3. The van der Waals surface area contributed by atoms with Crippen LogP contribution in [0, 0.1) is 87.9 Å². The van der Waals surface area contributed by atoms with Crippen molar-refractivity contribution in [3.8, 4) is 97.9 Å². The Hall–Kier alpha value is -7.12. The van der Waals surface area contributed by atoms with Gasteiger partial charge in [-0.25, -0.2) is 14.8 Å². The van der Waals surface area contributed by atoms with E-state index in [9.17, 15) is 14.4 Å². The minimum absolute atomic E-state index is 0.250. The molecule has 376 valence electrons. The first-order chi connectivity index (χ1) is 33.0. The highest BCUT2D eigenvalue weighted by molar-refractivity contribution is 6.32. The summed E-state index contributed by atoms with van der Waals surface area (Å²) in [5.41, 5.74) is 14.3. The molecule has 0 saturated carbocycles. The lowest BCUT2D eigenvalue weighted by Crippen LogP contribution is -2.29. The number of terminal acetylenes is 5. The van der Waals surface area contributed by atoms with Crippen molar-refractivity contribution >= 4 is 47.5 Å². The zero-order valence-electron chi connectivity index (χ0n) is 41.7. The Morgan fingerprint density at radius 2 is 0.899 bits per heavy atom. The van der Waals surface area contributed by atoms with Crippen LogP contribution in [0.5, 0.6) is 0 Å². The standard InChI is InChI=1S/C18H12Cl2N4.2C10H19NO.C2H5NO2.C2H6O.5C2H2.CH3NO/c19-17-15(21-9-23-17)13-5-1-11(2-6-13)12-3-7-14(8-4-12)16-18(20)24-10-22-16;2*1-8(2)6-10(12)11-5-4-9(3)7-11;1-5-2(3)4;1-3-2;5*1-2;2-1-3/h1-10H,(H,21,23)(H,22,24);2*8-9H,4-7H2,1-3H3;1H3,(H2,3,4);1-2H3;5*1-2H;1H,(H2,2,3)/t;2*9-;;;;;;;;/m.11......../s1. The second-order valence-corrected chi connectivity index (χ2v) is 15.8. The Morgan fingerprint density at radius 3 is 1.07 bits per heavy atom. The van der Waals surface area contributed by atoms with Crippen LogP contribution in [0.15, 0.2) is 61.2 Å². The predicted octanol–water partition coefficient (Wildman–Crippen LogP) is 9.57. The van der Waals surface area contributed by atoms with E-state index in [1.165, 1.54) is 20.0 Å². The Bertz CT molecular complexity index is 1880. The Kier molecular flexibility index (Phi) is 47.3. The van der Waals surface area contributed by atoms with E-state index in [1.807, 2.05) is 34.1 Å². The lowest BCUT2D eigenvalue weighted by atomic mass is 10.0. The van der Waals surface area contributed by atoms with E-state index in [-0.39, 0.29) is 6.41 Å². The van der Waals surface area contributed by atoms with Crippen molar-refractivity contribution < 1.29 is 28.7 Å². The van der Waals surface area contributed by atoms with Crippen molar-refractivity contribution in [2.45, 2.75) is 67.2 Å². The van der Waals surface area contributed by atoms with Gasteiger partial charge in [-0.3, -0.25) is 14.4 Å². The maximum atomic E-state index is 11.5. The summed E-state index contributed by atoms with van der Waals surface area (Å²) in [6, 6.07) is 16.2. The first kappa shape index (κ1) is 70.9. The number of halogens is 2. The van der Waals surface area contributed by atoms with Gasteiger partial charge in [-0.2, -0.15) is 0 Å². The number of ether oxygens (including phenoxy) is 2. The first-order valence-corrected chi connectivity index (χ1v) is 22.0. The molecule has 69 heavy (non-hydrogen) atoms. The van der Waals surface area contributed by atoms with Crippen LogP contribution in [0.4, 0.5) is 4.79 Å². The van der Waals surface area contributed by atoms with Crippen LogP contribution in [-0.2, 0) is 23.9 Å². The normalized spacial score (nSPS) is 13.1. The summed E-state index contributed by atoms with van der Waals surface area (Å²) < 4.78 is 8.14. The summed E-state index contributed by atoms with van der Waals surface area (Å²) in [7, 11) is 4.47. The number of amides is 4. The molecule has 2 aliphatic rings. The molecule has 0 unspecified atom stereocenters. The molecule has 6 N–H and O–H groups in total. The molecule has 16 heteroatoms. The van der Waals surface area contributed by atoms with E-state index in [2.05, 4.69) is 171 Å². The number of benzene rings is 2. The monoisotopic (exact) mass is 989 g/mol. The number of rotatable bonds is 7. The van der Waals surface area contributed by atoms with Crippen LogP contribution in [-0.4, -0.2) is 102 Å². The van der Waals surface area contributed by atoms with Crippen LogP contribution in [0.1, 0.15) is 67.2 Å². The molecule has 0 radical (unpaired) electrons. The number of nitrogens with zero attached hydrogens (tertiary/aromatic N) is 4. The van der Waals surface area contributed by atoms with E-state index in [0.717, 1.165) is 59.8 Å². The summed E-state index contributed by atoms with van der Waals surface area (Å²) >= 11 is 12.1. The third-order valence-corrected chi connectivity index (χ3v) is 9.33. The fourth-order valence-electron chi connectivity index (χ4n) is 5.88. The molecular weight excluding hydrogens is 916 g/mol. The summed E-state index contributed by atoms with van der Waals surface area (Å²) in [4.78, 5) is 59.2. The molecule has 0 spiro atoms. The summed E-state index contributed by atoms with van der Waals surface area (Å²) in [6.07, 6.45) is 46.5. The van der Waals surface area contributed by atoms with Gasteiger partial charge in [-0.1, -0.05) is 113 Å². The van der Waals surface area contributed by atoms with Crippen LogP contribution in [0.25, 0.3) is 33.6 Å². The number of H-pyrrole nitrogens is 2. The molecule has 6 rings (SSSR count). The van der Waals surface area contributed by atoms with Gasteiger partial charge in [-0.15, -0.1) is 64.2 Å². The van der Waals surface area contributed by atoms with Crippen LogP contribution >= 0.6 is 23.2 Å². The van der Waals surface area contributed by atoms with Gasteiger partial charge in [0.15, 0.2) is 0 Å². The molecule has 2 fully saturated rings. The summed E-state index contributed by atoms with van der Waals surface area (Å²) in [5, 5.41) is 1.09. The highest BCUT2D eigenvalue weighted by atomic mass is 35.5. The highest BCUT2D eigenvalue weighted by Gasteiger charge is 2.24. The van der Waals surface area contributed by atoms with Gasteiger partial charge >= 0.3 is 6.09 Å². The average Bonchev–Trinajstić information content (AvgIpc) is 4.20. The maximum absolute atomic E-state index is 11.5. The molecule has 2 aromatic heterocycles. The van der Waals surface area contributed by atoms with E-state index in [0.29, 0.717) is 58.6 Å². The molecule has 2 aromatic carbocycles. The Labute approximate surface area is 423 Å². The number of carbonyl (C=O) groups is 4. The van der Waals surface area contributed by atoms with Crippen LogP contribution in [0.3, 0.4) is 0 Å². The zero-order chi connectivity index (χ0) is 54.5. The maximum Gasteiger partial charge on any atom is 0.404 e. The van der Waals surface area contributed by atoms with Gasteiger partial charge in [0.25, 0.3) is 0 Å². The molecular formula is C53H74Cl2N8O6. The van der Waals surface area contributed by atoms with Crippen LogP contribution < -0.4 is 11.5 Å². The molecule has 4 aromatic rings. The molecule has 4 heterocycles. The van der Waals surface area contributed by atoms with Crippen molar-refractivity contribution in [1.82, 2.24) is 29.7 Å². The van der Waals surface area contributed by atoms with Crippen molar-refractivity contribution in [1.29, 1.82) is 0 Å². The number of hydrogen-bond donors (Lipinski definition) is 4. The van der Waals surface area contributed by atoms with Gasteiger partial charge in [0.2, 0.25) is 18.2 Å². The fourth-order valence-corrected chi connectivity index (χ4v) is 6.29. The number of primary amides is 2. The van der Waals surface area contributed by atoms with Gasteiger partial charge in [-0.05, 0) is 47.6 Å². The second-order valence-electron chi connectivity index (χ2n) is 15.0. The zero-order valence-corrected chi connectivity index (χ0v) is 43.3. The Morgan fingerprint density at radius 1 is 0.652 bits per heavy atom. The largest absolute Gasteiger partial charge is 0.453 e. The summed E-state index contributed by atoms with van der Waals surface area (Å²) in [5.74, 6) is 3.09. The van der Waals surface area contributed by atoms with E-state index >= 15 is 0 Å². The minimum atomic E-state index is -0.745. The van der Waals surface area contributed by atoms with Crippen molar-refractivity contribution in [2.75, 3.05) is 47.5 Å². The third-order valence-electron chi connectivity index (χ3n) is 8.76. The van der Waals surface area contributed by atoms with Crippen molar-refractivity contribution in [3.05, 3.63) is 71.5 Å². The van der Waals surface area contributed by atoms with E-state index in [4.69, 9.17) is 28.0 Å². The number of aromatic amines is 2. The molecule has 2 aliphatic heterocycles. The van der Waals surface area contributed by atoms with Crippen molar-refractivity contribution in [3.63, 3.8) is 0 Å². The SMILES string of the molecule is C#C.C#C.C#C.C#C.C#C.CC(C)CC(=O)N1CC[C@@H](C)C1.CC(C)CC(=O)N1CC[C@@H](C)C1.COC.COC(N)=O.Clc1[nH]cnc1-c1ccc(-c2ccc(-c3nc[nH]c3Cl)cc2)cc1.NC=O. The molecule has 0 aliphatic carbocycles. The van der Waals surface area contributed by atoms with Gasteiger partial charge < -0.3 is 40.7 Å². The molecule has 2 saturated heterocycles. The quantitative estimate of drug-likeness (QED) is 0.104. The smallest absolute Gasteiger partial charge is 0.404 e. The lowest BCUT2D eigenvalue weighted by Gasteiger charge is -2.16. The summed E-state index contributed by atoms with van der Waals surface area (Å²) in [6.45, 7) is 16.7.